The zero-order valence-electron chi connectivity index (χ0n) is 11.3. The molecule has 0 radical (unpaired) electrons. The molecular weight excluding hydrogens is 256 g/mol. The van der Waals surface area contributed by atoms with Gasteiger partial charge < -0.3 is 5.73 Å². The van der Waals surface area contributed by atoms with Crippen LogP contribution in [0.15, 0.2) is 42.6 Å². The molecule has 0 aliphatic carbocycles. The van der Waals surface area contributed by atoms with Gasteiger partial charge in [0.25, 0.3) is 0 Å². The molecule has 0 aliphatic heterocycles. The second kappa shape index (κ2) is 6.18. The number of nitrogens with two attached hydrogens (primary N) is 1. The van der Waals surface area contributed by atoms with Crippen molar-refractivity contribution in [3.63, 3.8) is 0 Å². The summed E-state index contributed by atoms with van der Waals surface area (Å²) in [6, 6.07) is 12.2. The fourth-order valence-corrected chi connectivity index (χ4v) is 2.12. The normalized spacial score (nSPS) is 12.7. The van der Waals surface area contributed by atoms with Crippen molar-refractivity contribution in [3.05, 3.63) is 64.4 Å². The van der Waals surface area contributed by atoms with Crippen LogP contribution in [0.4, 0.5) is 0 Å². The Labute approximate surface area is 119 Å². The van der Waals surface area contributed by atoms with Crippen molar-refractivity contribution in [1.82, 2.24) is 4.98 Å². The summed E-state index contributed by atoms with van der Waals surface area (Å²) < 4.78 is 0. The van der Waals surface area contributed by atoms with E-state index in [0.717, 1.165) is 12.1 Å². The number of benzene rings is 1. The Hall–Kier alpha value is -1.38. The molecule has 0 aliphatic rings. The maximum absolute atomic E-state index is 6.17. The Morgan fingerprint density at radius 2 is 1.79 bits per heavy atom. The Morgan fingerprint density at radius 3 is 2.32 bits per heavy atom. The van der Waals surface area contributed by atoms with E-state index in [9.17, 15) is 0 Å². The van der Waals surface area contributed by atoms with E-state index in [1.165, 1.54) is 11.1 Å². The van der Waals surface area contributed by atoms with Gasteiger partial charge in [0.2, 0.25) is 0 Å². The Balaban J connectivity index is 2.06. The van der Waals surface area contributed by atoms with Crippen molar-refractivity contribution in [1.29, 1.82) is 0 Å². The monoisotopic (exact) mass is 274 g/mol. The van der Waals surface area contributed by atoms with Crippen molar-refractivity contribution in [2.75, 3.05) is 0 Å². The predicted octanol–water partition coefficient (Wildman–Crippen LogP) is 4.10. The molecule has 3 heteroatoms. The van der Waals surface area contributed by atoms with E-state index < -0.39 is 0 Å². The van der Waals surface area contributed by atoms with Crippen LogP contribution in [-0.4, -0.2) is 4.98 Å². The molecule has 1 heterocycles. The van der Waals surface area contributed by atoms with E-state index >= 15 is 0 Å². The summed E-state index contributed by atoms with van der Waals surface area (Å²) in [4.78, 5) is 4.26. The summed E-state index contributed by atoms with van der Waals surface area (Å²) in [6.45, 7) is 4.39. The summed E-state index contributed by atoms with van der Waals surface area (Å²) in [5.41, 5.74) is 9.62. The molecular formula is C16H19ClN2. The van der Waals surface area contributed by atoms with Crippen LogP contribution in [0.5, 0.6) is 0 Å². The molecule has 2 aromatic rings. The zero-order valence-corrected chi connectivity index (χ0v) is 12.1. The van der Waals surface area contributed by atoms with Crippen molar-refractivity contribution >= 4 is 11.6 Å². The Morgan fingerprint density at radius 1 is 1.11 bits per heavy atom. The van der Waals surface area contributed by atoms with Gasteiger partial charge in [-0.25, -0.2) is 0 Å². The van der Waals surface area contributed by atoms with Gasteiger partial charge in [0.15, 0.2) is 0 Å². The highest BCUT2D eigenvalue weighted by atomic mass is 35.5. The van der Waals surface area contributed by atoms with Gasteiger partial charge in [-0.1, -0.05) is 49.7 Å². The van der Waals surface area contributed by atoms with Crippen LogP contribution < -0.4 is 5.73 Å². The van der Waals surface area contributed by atoms with Crippen LogP contribution >= 0.6 is 11.6 Å². The molecule has 19 heavy (non-hydrogen) atoms. The molecule has 0 spiro atoms. The minimum atomic E-state index is -0.0952. The molecule has 0 saturated carbocycles. The first-order valence-corrected chi connectivity index (χ1v) is 6.90. The van der Waals surface area contributed by atoms with Crippen LogP contribution in [0, 0.1) is 0 Å². The Kier molecular flexibility index (Phi) is 4.56. The van der Waals surface area contributed by atoms with Gasteiger partial charge >= 0.3 is 0 Å². The summed E-state index contributed by atoms with van der Waals surface area (Å²) in [5.74, 6) is 0.556. The third-order valence-corrected chi connectivity index (χ3v) is 3.46. The lowest BCUT2D eigenvalue weighted by Crippen LogP contribution is -2.14. The van der Waals surface area contributed by atoms with Crippen LogP contribution in [0.25, 0.3) is 0 Å². The van der Waals surface area contributed by atoms with Gasteiger partial charge in [0.1, 0.15) is 0 Å². The minimum Gasteiger partial charge on any atom is -0.322 e. The fourth-order valence-electron chi connectivity index (χ4n) is 2.00. The Bertz CT molecular complexity index is 517. The van der Waals surface area contributed by atoms with Gasteiger partial charge in [-0.05, 0) is 35.6 Å². The quantitative estimate of drug-likeness (QED) is 0.912. The van der Waals surface area contributed by atoms with E-state index in [2.05, 4.69) is 43.1 Å². The minimum absolute atomic E-state index is 0.0952. The number of nitrogens with zero attached hydrogens (tertiary/aromatic N) is 1. The first-order chi connectivity index (χ1) is 9.06. The first-order valence-electron chi connectivity index (χ1n) is 6.52. The second-order valence-electron chi connectivity index (χ2n) is 5.11. The average Bonchev–Trinajstić information content (AvgIpc) is 2.40. The SMILES string of the molecule is CC(C)c1ccc(CC(N)c2ccc(Cl)cn2)cc1. The van der Waals surface area contributed by atoms with Gasteiger partial charge in [-0.2, -0.15) is 0 Å². The highest BCUT2D eigenvalue weighted by Crippen LogP contribution is 2.19. The molecule has 0 amide bonds. The standard InChI is InChI=1S/C16H19ClN2/c1-11(2)13-5-3-12(4-6-13)9-15(18)16-8-7-14(17)10-19-16/h3-8,10-11,15H,9,18H2,1-2H3. The molecule has 1 atom stereocenters. The molecule has 0 saturated heterocycles. The molecule has 2 nitrogen and oxygen atoms in total. The van der Waals surface area contributed by atoms with Crippen molar-refractivity contribution in [2.24, 2.45) is 5.73 Å². The average molecular weight is 275 g/mol. The van der Waals surface area contributed by atoms with Crippen LogP contribution in [0.1, 0.15) is 42.6 Å². The summed E-state index contributed by atoms with van der Waals surface area (Å²) in [7, 11) is 0. The molecule has 0 fully saturated rings. The van der Waals surface area contributed by atoms with Crippen LogP contribution in [0.2, 0.25) is 5.02 Å². The molecule has 0 bridgehead atoms. The summed E-state index contributed by atoms with van der Waals surface area (Å²) in [5, 5.41) is 0.636. The molecule has 2 rings (SSSR count). The van der Waals surface area contributed by atoms with Gasteiger partial charge in [-0.15, -0.1) is 0 Å². The van der Waals surface area contributed by atoms with E-state index in [0.29, 0.717) is 10.9 Å². The first kappa shape index (κ1) is 14.0. The van der Waals surface area contributed by atoms with E-state index in [1.54, 1.807) is 6.20 Å². The second-order valence-corrected chi connectivity index (χ2v) is 5.54. The largest absolute Gasteiger partial charge is 0.322 e. The fraction of sp³-hybridized carbons (Fsp3) is 0.312. The topological polar surface area (TPSA) is 38.9 Å². The van der Waals surface area contributed by atoms with Gasteiger partial charge in [0.05, 0.1) is 16.8 Å². The smallest absolute Gasteiger partial charge is 0.0589 e. The lowest BCUT2D eigenvalue weighted by atomic mass is 9.98. The molecule has 1 aromatic heterocycles. The highest BCUT2D eigenvalue weighted by Gasteiger charge is 2.09. The van der Waals surface area contributed by atoms with E-state index in [-0.39, 0.29) is 6.04 Å². The summed E-state index contributed by atoms with van der Waals surface area (Å²) >= 11 is 5.82. The maximum atomic E-state index is 6.17. The number of hydrogen-bond donors (Lipinski definition) is 1. The van der Waals surface area contributed by atoms with Crippen molar-refractivity contribution in [3.8, 4) is 0 Å². The lowest BCUT2D eigenvalue weighted by molar-refractivity contribution is 0.696. The van der Waals surface area contributed by atoms with Crippen molar-refractivity contribution in [2.45, 2.75) is 32.2 Å². The lowest BCUT2D eigenvalue weighted by Gasteiger charge is -2.12. The van der Waals surface area contributed by atoms with Gasteiger partial charge in [0, 0.05) is 6.20 Å². The molecule has 100 valence electrons. The zero-order chi connectivity index (χ0) is 13.8. The predicted molar refractivity (Wildman–Crippen MR) is 80.4 cm³/mol. The number of hydrogen-bond acceptors (Lipinski definition) is 2. The number of rotatable bonds is 4. The molecule has 1 aromatic carbocycles. The van der Waals surface area contributed by atoms with E-state index in [4.69, 9.17) is 17.3 Å². The van der Waals surface area contributed by atoms with Gasteiger partial charge in [-0.3, -0.25) is 4.98 Å². The highest BCUT2D eigenvalue weighted by molar-refractivity contribution is 6.30. The summed E-state index contributed by atoms with van der Waals surface area (Å²) in [6.07, 6.45) is 2.42. The number of halogens is 1. The van der Waals surface area contributed by atoms with Crippen LogP contribution in [0.3, 0.4) is 0 Å². The van der Waals surface area contributed by atoms with Crippen LogP contribution in [-0.2, 0) is 6.42 Å². The maximum Gasteiger partial charge on any atom is 0.0589 e. The molecule has 2 N–H and O–H groups in total. The van der Waals surface area contributed by atoms with Crippen molar-refractivity contribution < 1.29 is 0 Å². The third kappa shape index (κ3) is 3.79. The number of pyridine rings is 1. The number of aromatic nitrogens is 1. The molecule has 1 unspecified atom stereocenters. The van der Waals surface area contributed by atoms with E-state index in [1.807, 2.05) is 12.1 Å². The third-order valence-electron chi connectivity index (χ3n) is 3.23.